The van der Waals surface area contributed by atoms with Crippen molar-refractivity contribution in [3.63, 3.8) is 0 Å². The first kappa shape index (κ1) is 13.3. The summed E-state index contributed by atoms with van der Waals surface area (Å²) in [5.74, 6) is 1.87. The van der Waals surface area contributed by atoms with Gasteiger partial charge in [0.05, 0.1) is 5.60 Å². The highest BCUT2D eigenvalue weighted by atomic mass is 16.7. The van der Waals surface area contributed by atoms with Gasteiger partial charge in [0.15, 0.2) is 13.6 Å². The topological polar surface area (TPSA) is 65.0 Å². The van der Waals surface area contributed by atoms with Gasteiger partial charge in [-0.15, -0.1) is 0 Å². The molecule has 0 saturated heterocycles. The molecular weight excluding hydrogens is 248 g/mol. The highest BCUT2D eigenvalue weighted by Gasteiger charge is 2.51. The number of carbonyl (C=O) groups is 1. The maximum atomic E-state index is 10.7. The first-order valence-corrected chi connectivity index (χ1v) is 7.17. The van der Waals surface area contributed by atoms with Crippen LogP contribution >= 0.6 is 0 Å². The average molecular weight is 270 g/mol. The summed E-state index contributed by atoms with van der Waals surface area (Å²) in [5, 5.41) is 8.48. The number of esters is 1. The Bertz CT molecular complexity index is 305. The van der Waals surface area contributed by atoms with Crippen LogP contribution in [-0.4, -0.2) is 36.9 Å². The molecule has 0 atom stereocenters. The Balaban J connectivity index is 1.41. The van der Waals surface area contributed by atoms with E-state index in [1.165, 1.54) is 38.5 Å². The van der Waals surface area contributed by atoms with Crippen LogP contribution in [0.1, 0.15) is 38.5 Å². The molecule has 0 amide bonds. The predicted octanol–water partition coefficient (Wildman–Crippen LogP) is 1.44. The van der Waals surface area contributed by atoms with Crippen molar-refractivity contribution < 1.29 is 24.1 Å². The van der Waals surface area contributed by atoms with Crippen LogP contribution in [0.2, 0.25) is 0 Å². The molecule has 5 heteroatoms. The molecule has 0 aromatic heterocycles. The van der Waals surface area contributed by atoms with Crippen molar-refractivity contribution in [3.8, 4) is 0 Å². The molecule has 4 bridgehead atoms. The maximum Gasteiger partial charge on any atom is 0.333 e. The zero-order chi connectivity index (χ0) is 13.3. The number of hydrogen-bond donors (Lipinski definition) is 1. The van der Waals surface area contributed by atoms with Crippen molar-refractivity contribution in [3.05, 3.63) is 0 Å². The van der Waals surface area contributed by atoms with E-state index in [0.29, 0.717) is 0 Å². The van der Waals surface area contributed by atoms with E-state index < -0.39 is 12.6 Å². The van der Waals surface area contributed by atoms with Crippen LogP contribution in [0.25, 0.3) is 0 Å². The summed E-state index contributed by atoms with van der Waals surface area (Å²) in [5.41, 5.74) is 0.0235. The summed E-state index contributed by atoms with van der Waals surface area (Å²) in [7, 11) is 0. The van der Waals surface area contributed by atoms with Crippen LogP contribution in [0.15, 0.2) is 0 Å². The van der Waals surface area contributed by atoms with Crippen molar-refractivity contribution in [2.24, 2.45) is 17.8 Å². The van der Waals surface area contributed by atoms with E-state index in [9.17, 15) is 4.79 Å². The van der Waals surface area contributed by atoms with Crippen LogP contribution in [0, 0.1) is 17.8 Å². The molecule has 5 nitrogen and oxygen atoms in total. The average Bonchev–Trinajstić information content (AvgIpc) is 2.36. The molecule has 4 aliphatic rings. The normalized spacial score (nSPS) is 39.5. The monoisotopic (exact) mass is 270 g/mol. The number of ether oxygens (including phenoxy) is 3. The van der Waals surface area contributed by atoms with Gasteiger partial charge in [0.25, 0.3) is 0 Å². The van der Waals surface area contributed by atoms with E-state index >= 15 is 0 Å². The predicted molar refractivity (Wildman–Crippen MR) is 66.0 cm³/mol. The van der Waals surface area contributed by atoms with Gasteiger partial charge in [-0.1, -0.05) is 0 Å². The van der Waals surface area contributed by atoms with E-state index in [1.54, 1.807) is 0 Å². The molecule has 0 aromatic carbocycles. The van der Waals surface area contributed by atoms with E-state index in [2.05, 4.69) is 4.74 Å². The summed E-state index contributed by atoms with van der Waals surface area (Å²) in [4.78, 5) is 10.7. The largest absolute Gasteiger partial charge is 0.437 e. The summed E-state index contributed by atoms with van der Waals surface area (Å²) in [6.07, 6.45) is 7.66. The molecule has 4 rings (SSSR count). The van der Waals surface area contributed by atoms with E-state index in [-0.39, 0.29) is 19.2 Å². The van der Waals surface area contributed by atoms with Gasteiger partial charge in [0.2, 0.25) is 0 Å². The highest BCUT2D eigenvalue weighted by molar-refractivity contribution is 5.70. The Morgan fingerprint density at radius 1 is 1.05 bits per heavy atom. The Kier molecular flexibility index (Phi) is 3.78. The van der Waals surface area contributed by atoms with E-state index in [1.807, 2.05) is 0 Å². The van der Waals surface area contributed by atoms with Crippen molar-refractivity contribution in [1.82, 2.24) is 0 Å². The molecule has 0 heterocycles. The van der Waals surface area contributed by atoms with Crippen molar-refractivity contribution in [2.45, 2.75) is 44.1 Å². The summed E-state index contributed by atoms with van der Waals surface area (Å²) < 4.78 is 15.8. The molecule has 0 aromatic rings. The molecule has 0 spiro atoms. The molecule has 0 unspecified atom stereocenters. The molecular formula is C14H22O5. The van der Waals surface area contributed by atoms with Gasteiger partial charge in [-0.25, -0.2) is 4.79 Å². The van der Waals surface area contributed by atoms with Gasteiger partial charge in [-0.3, -0.25) is 0 Å². The minimum atomic E-state index is -0.671. The van der Waals surface area contributed by atoms with Gasteiger partial charge in [-0.05, 0) is 56.3 Å². The van der Waals surface area contributed by atoms with Crippen LogP contribution in [0.5, 0.6) is 0 Å². The van der Waals surface area contributed by atoms with Crippen LogP contribution in [0.4, 0.5) is 0 Å². The summed E-state index contributed by atoms with van der Waals surface area (Å²) in [6.45, 7) is -0.587. The summed E-state index contributed by atoms with van der Waals surface area (Å²) in [6, 6.07) is 0. The molecule has 4 aliphatic carbocycles. The van der Waals surface area contributed by atoms with Gasteiger partial charge in [0, 0.05) is 0 Å². The summed E-state index contributed by atoms with van der Waals surface area (Å²) >= 11 is 0. The van der Waals surface area contributed by atoms with Crippen molar-refractivity contribution in [2.75, 3.05) is 20.2 Å². The second kappa shape index (κ2) is 5.38. The number of aliphatic hydroxyl groups is 1. The van der Waals surface area contributed by atoms with E-state index in [4.69, 9.17) is 14.6 Å². The third kappa shape index (κ3) is 2.93. The standard InChI is InChI=1S/C14H22O5/c15-7-13(16)18-8-17-9-19-14-4-10-1-11(5-14)3-12(2-10)6-14/h10-12,15H,1-9H2. The first-order chi connectivity index (χ1) is 9.19. The quantitative estimate of drug-likeness (QED) is 0.449. The lowest BCUT2D eigenvalue weighted by atomic mass is 9.54. The SMILES string of the molecule is O=C(CO)OCOCOC12CC3CC(CC(C3)C1)C2. The minimum absolute atomic E-state index is 0.0235. The number of hydrogen-bond acceptors (Lipinski definition) is 5. The fraction of sp³-hybridized carbons (Fsp3) is 0.929. The van der Waals surface area contributed by atoms with Crippen LogP contribution < -0.4 is 0 Å². The highest BCUT2D eigenvalue weighted by Crippen LogP contribution is 2.57. The molecule has 108 valence electrons. The fourth-order valence-electron chi connectivity index (χ4n) is 4.56. The molecule has 4 saturated carbocycles. The van der Waals surface area contributed by atoms with Crippen LogP contribution in [-0.2, 0) is 19.0 Å². The van der Waals surface area contributed by atoms with Gasteiger partial charge >= 0.3 is 5.97 Å². The molecule has 0 aliphatic heterocycles. The molecule has 19 heavy (non-hydrogen) atoms. The van der Waals surface area contributed by atoms with Gasteiger partial charge in [-0.2, -0.15) is 0 Å². The Morgan fingerprint density at radius 3 is 2.16 bits per heavy atom. The Hall–Kier alpha value is -0.650. The Labute approximate surface area is 113 Å². The van der Waals surface area contributed by atoms with Crippen LogP contribution in [0.3, 0.4) is 0 Å². The number of aliphatic hydroxyl groups excluding tert-OH is 1. The molecule has 0 radical (unpaired) electrons. The zero-order valence-corrected chi connectivity index (χ0v) is 11.2. The third-order valence-corrected chi connectivity index (χ3v) is 4.86. The van der Waals surface area contributed by atoms with E-state index in [0.717, 1.165) is 17.8 Å². The van der Waals surface area contributed by atoms with Gasteiger partial charge in [0.1, 0.15) is 6.61 Å². The molecule has 4 fully saturated rings. The Morgan fingerprint density at radius 2 is 1.63 bits per heavy atom. The second-order valence-corrected chi connectivity index (χ2v) is 6.36. The van der Waals surface area contributed by atoms with Gasteiger partial charge < -0.3 is 19.3 Å². The smallest absolute Gasteiger partial charge is 0.333 e. The lowest BCUT2D eigenvalue weighted by Crippen LogP contribution is -2.52. The first-order valence-electron chi connectivity index (χ1n) is 7.17. The molecule has 1 N–H and O–H groups in total. The lowest BCUT2D eigenvalue weighted by molar-refractivity contribution is -0.226. The second-order valence-electron chi connectivity index (χ2n) is 6.36. The number of rotatable bonds is 6. The third-order valence-electron chi connectivity index (χ3n) is 4.86. The number of carbonyl (C=O) groups excluding carboxylic acids is 1. The lowest BCUT2D eigenvalue weighted by Gasteiger charge is -2.56. The van der Waals surface area contributed by atoms with Crippen molar-refractivity contribution >= 4 is 5.97 Å². The van der Waals surface area contributed by atoms with Crippen molar-refractivity contribution in [1.29, 1.82) is 0 Å². The minimum Gasteiger partial charge on any atom is -0.437 e. The zero-order valence-electron chi connectivity index (χ0n) is 11.2. The fourth-order valence-corrected chi connectivity index (χ4v) is 4.56. The maximum absolute atomic E-state index is 10.7.